The average Bonchev–Trinajstić information content (AvgIpc) is 3.45. The molecule has 0 bridgehead atoms. The highest BCUT2D eigenvalue weighted by molar-refractivity contribution is 5.79. The molecule has 2 aromatic heterocycles. The lowest BCUT2D eigenvalue weighted by molar-refractivity contribution is -0.132. The van der Waals surface area contributed by atoms with E-state index in [2.05, 4.69) is 10.1 Å². The number of amides is 1. The Bertz CT molecular complexity index is 1250. The predicted octanol–water partition coefficient (Wildman–Crippen LogP) is 4.31. The van der Waals surface area contributed by atoms with Crippen LogP contribution in [-0.2, 0) is 17.8 Å². The van der Waals surface area contributed by atoms with Gasteiger partial charge in [0.1, 0.15) is 5.82 Å². The lowest BCUT2D eigenvalue weighted by atomic mass is 10.1. The van der Waals surface area contributed by atoms with Crippen LogP contribution in [0.1, 0.15) is 42.3 Å². The molecule has 5 rings (SSSR count). The second-order valence-electron chi connectivity index (χ2n) is 8.16. The molecule has 162 valence electrons. The molecule has 0 spiro atoms. The highest BCUT2D eigenvalue weighted by Crippen LogP contribution is 2.31. The van der Waals surface area contributed by atoms with Gasteiger partial charge in [0.15, 0.2) is 0 Å². The van der Waals surface area contributed by atoms with Gasteiger partial charge in [-0.05, 0) is 36.6 Å². The Hall–Kier alpha value is -3.61. The van der Waals surface area contributed by atoms with E-state index in [-0.39, 0.29) is 17.8 Å². The number of benzene rings is 2. The van der Waals surface area contributed by atoms with Gasteiger partial charge in [-0.25, -0.2) is 4.39 Å². The van der Waals surface area contributed by atoms with Crippen molar-refractivity contribution in [3.8, 4) is 0 Å². The molecule has 0 aliphatic carbocycles. The number of rotatable bonds is 6. The third-order valence-electron chi connectivity index (χ3n) is 5.98. The molecular formula is C25H24FN5O. The maximum absolute atomic E-state index is 13.5. The summed E-state index contributed by atoms with van der Waals surface area (Å²) in [6.07, 6.45) is 7.98. The van der Waals surface area contributed by atoms with Gasteiger partial charge in [-0.3, -0.25) is 19.4 Å². The molecule has 0 N–H and O–H groups in total. The van der Waals surface area contributed by atoms with Crippen molar-refractivity contribution in [3.63, 3.8) is 0 Å². The summed E-state index contributed by atoms with van der Waals surface area (Å²) < 4.78 is 15.4. The van der Waals surface area contributed by atoms with Crippen molar-refractivity contribution >= 4 is 16.8 Å². The minimum absolute atomic E-state index is 0.0724. The number of hydrogen-bond donors (Lipinski definition) is 0. The molecule has 3 heterocycles. The second-order valence-corrected chi connectivity index (χ2v) is 8.16. The first kappa shape index (κ1) is 20.3. The zero-order valence-electron chi connectivity index (χ0n) is 17.7. The van der Waals surface area contributed by atoms with E-state index in [0.717, 1.165) is 47.2 Å². The van der Waals surface area contributed by atoms with Gasteiger partial charge in [-0.1, -0.05) is 30.3 Å². The summed E-state index contributed by atoms with van der Waals surface area (Å²) in [6, 6.07) is 14.4. The lowest BCUT2D eigenvalue weighted by Gasteiger charge is -2.24. The standard InChI is InChI=1S/C25H24FN5O/c26-20-7-3-5-18(13-20)14-21-16-27-17-22(29-21)24-9-4-11-30(24)25(32)10-12-31-23-8-2-1-6-19(23)15-28-31/h1-3,5-8,13,15-17,24H,4,9-12,14H2. The fraction of sp³-hybridized carbons (Fsp3) is 0.280. The Kier molecular flexibility index (Phi) is 5.62. The van der Waals surface area contributed by atoms with E-state index in [1.807, 2.05) is 46.1 Å². The molecule has 1 saturated heterocycles. The van der Waals surface area contributed by atoms with Crippen molar-refractivity contribution in [2.75, 3.05) is 6.54 Å². The number of aromatic nitrogens is 4. The number of carbonyl (C=O) groups is 1. The van der Waals surface area contributed by atoms with E-state index in [4.69, 9.17) is 4.98 Å². The van der Waals surface area contributed by atoms with Gasteiger partial charge < -0.3 is 4.90 Å². The summed E-state index contributed by atoms with van der Waals surface area (Å²) in [5.74, 6) is -0.159. The third-order valence-corrected chi connectivity index (χ3v) is 5.98. The number of likely N-dealkylation sites (tertiary alicyclic amines) is 1. The van der Waals surface area contributed by atoms with Crippen molar-refractivity contribution < 1.29 is 9.18 Å². The van der Waals surface area contributed by atoms with Crippen LogP contribution in [0.15, 0.2) is 67.1 Å². The van der Waals surface area contributed by atoms with Crippen LogP contribution in [0.2, 0.25) is 0 Å². The van der Waals surface area contributed by atoms with Gasteiger partial charge >= 0.3 is 0 Å². The fourth-order valence-corrected chi connectivity index (χ4v) is 4.45. The smallest absolute Gasteiger partial charge is 0.225 e. The van der Waals surface area contributed by atoms with E-state index >= 15 is 0 Å². The van der Waals surface area contributed by atoms with Crippen molar-refractivity contribution in [2.24, 2.45) is 0 Å². The Morgan fingerprint density at radius 1 is 1.09 bits per heavy atom. The average molecular weight is 429 g/mol. The summed E-state index contributed by atoms with van der Waals surface area (Å²) in [7, 11) is 0. The van der Waals surface area contributed by atoms with Crippen molar-refractivity contribution in [2.45, 2.75) is 38.3 Å². The molecule has 1 aliphatic heterocycles. The monoisotopic (exact) mass is 429 g/mol. The second kappa shape index (κ2) is 8.86. The molecule has 1 unspecified atom stereocenters. The number of carbonyl (C=O) groups excluding carboxylic acids is 1. The Labute approximate surface area is 185 Å². The van der Waals surface area contributed by atoms with Gasteiger partial charge in [0, 0.05) is 31.0 Å². The van der Waals surface area contributed by atoms with E-state index in [1.165, 1.54) is 12.1 Å². The van der Waals surface area contributed by atoms with E-state index in [1.54, 1.807) is 18.5 Å². The Morgan fingerprint density at radius 3 is 2.91 bits per heavy atom. The number of hydrogen-bond acceptors (Lipinski definition) is 4. The van der Waals surface area contributed by atoms with E-state index in [0.29, 0.717) is 19.4 Å². The van der Waals surface area contributed by atoms with Gasteiger partial charge in [0.2, 0.25) is 5.91 Å². The normalized spacial score (nSPS) is 16.0. The Balaban J connectivity index is 1.28. The minimum atomic E-state index is -0.260. The summed E-state index contributed by atoms with van der Waals surface area (Å²) in [4.78, 5) is 24.1. The van der Waals surface area contributed by atoms with Crippen LogP contribution in [0.25, 0.3) is 10.9 Å². The molecule has 1 amide bonds. The topological polar surface area (TPSA) is 63.9 Å². The highest BCUT2D eigenvalue weighted by atomic mass is 19.1. The first-order chi connectivity index (χ1) is 15.7. The lowest BCUT2D eigenvalue weighted by Crippen LogP contribution is -2.31. The zero-order chi connectivity index (χ0) is 21.9. The maximum Gasteiger partial charge on any atom is 0.225 e. The van der Waals surface area contributed by atoms with Crippen LogP contribution in [0, 0.1) is 5.82 Å². The third kappa shape index (κ3) is 4.23. The van der Waals surface area contributed by atoms with Gasteiger partial charge in [-0.2, -0.15) is 5.10 Å². The van der Waals surface area contributed by atoms with Gasteiger partial charge in [0.25, 0.3) is 0 Å². The van der Waals surface area contributed by atoms with Crippen LogP contribution in [-0.4, -0.2) is 37.1 Å². The van der Waals surface area contributed by atoms with E-state index in [9.17, 15) is 9.18 Å². The van der Waals surface area contributed by atoms with Crippen LogP contribution < -0.4 is 0 Å². The zero-order valence-corrected chi connectivity index (χ0v) is 17.7. The van der Waals surface area contributed by atoms with E-state index < -0.39 is 0 Å². The van der Waals surface area contributed by atoms with Gasteiger partial charge in [0.05, 0.1) is 41.9 Å². The molecule has 1 fully saturated rings. The molecule has 7 heteroatoms. The molecule has 0 radical (unpaired) electrons. The predicted molar refractivity (Wildman–Crippen MR) is 119 cm³/mol. The quantitative estimate of drug-likeness (QED) is 0.458. The fourth-order valence-electron chi connectivity index (χ4n) is 4.45. The molecule has 1 atom stereocenters. The van der Waals surface area contributed by atoms with Crippen LogP contribution in [0.3, 0.4) is 0 Å². The number of halogens is 1. The summed E-state index contributed by atoms with van der Waals surface area (Å²) in [5.41, 5.74) is 3.46. The van der Waals surface area contributed by atoms with Crippen molar-refractivity contribution in [1.82, 2.24) is 24.6 Å². The molecule has 0 saturated carbocycles. The number of fused-ring (bicyclic) bond motifs is 1. The van der Waals surface area contributed by atoms with Crippen LogP contribution in [0.4, 0.5) is 4.39 Å². The molecular weight excluding hydrogens is 405 g/mol. The molecule has 32 heavy (non-hydrogen) atoms. The summed E-state index contributed by atoms with van der Waals surface area (Å²) in [5, 5.41) is 5.50. The SMILES string of the molecule is O=C(CCn1ncc2ccccc21)N1CCCC1c1cncc(Cc2cccc(F)c2)n1. The highest BCUT2D eigenvalue weighted by Gasteiger charge is 2.31. The maximum atomic E-state index is 13.5. The largest absolute Gasteiger partial charge is 0.334 e. The number of para-hydroxylation sites is 1. The first-order valence-electron chi connectivity index (χ1n) is 10.9. The summed E-state index contributed by atoms with van der Waals surface area (Å²) >= 11 is 0. The van der Waals surface area contributed by atoms with Crippen LogP contribution in [0.5, 0.6) is 0 Å². The molecule has 1 aliphatic rings. The Morgan fingerprint density at radius 2 is 2.00 bits per heavy atom. The van der Waals surface area contributed by atoms with Crippen LogP contribution >= 0.6 is 0 Å². The molecule has 4 aromatic rings. The molecule has 2 aromatic carbocycles. The number of nitrogens with zero attached hydrogens (tertiary/aromatic N) is 5. The van der Waals surface area contributed by atoms with Crippen molar-refractivity contribution in [3.05, 3.63) is 89.9 Å². The summed E-state index contributed by atoms with van der Waals surface area (Å²) in [6.45, 7) is 1.26. The minimum Gasteiger partial charge on any atom is -0.334 e. The first-order valence-corrected chi connectivity index (χ1v) is 10.9. The van der Waals surface area contributed by atoms with Crippen molar-refractivity contribution in [1.29, 1.82) is 0 Å². The van der Waals surface area contributed by atoms with Gasteiger partial charge in [-0.15, -0.1) is 0 Å². The number of aryl methyl sites for hydroxylation is 1. The molecule has 6 nitrogen and oxygen atoms in total.